The van der Waals surface area contributed by atoms with E-state index in [0.29, 0.717) is 5.39 Å². The van der Waals surface area contributed by atoms with Crippen LogP contribution >= 0.6 is 0 Å². The number of carbonyl (C=O) groups is 1. The standard InChI is InChI=1S/C24H18N4O6S/c1-15-9-11-18(12-10-15)35(33,34)27-21-14-22(23(29)20-8-3-2-7-19(20)21)25-26-24(30)16-5-4-6-17(13-16)28(31)32/h2-14,27,29H,1H3. The zero-order valence-corrected chi connectivity index (χ0v) is 19.1. The normalized spacial score (nSPS) is 11.6. The molecular formula is C24H18N4O6S. The Hall–Kier alpha value is -4.64. The summed E-state index contributed by atoms with van der Waals surface area (Å²) in [5, 5.41) is 29.7. The molecule has 0 fully saturated rings. The van der Waals surface area contributed by atoms with Crippen molar-refractivity contribution in [2.45, 2.75) is 11.8 Å². The molecule has 0 saturated heterocycles. The number of phenols is 1. The highest BCUT2D eigenvalue weighted by molar-refractivity contribution is 7.92. The monoisotopic (exact) mass is 490 g/mol. The van der Waals surface area contributed by atoms with E-state index in [0.717, 1.165) is 11.6 Å². The Balaban J connectivity index is 1.74. The minimum absolute atomic E-state index is 0.0456. The fourth-order valence-electron chi connectivity index (χ4n) is 3.34. The number of aryl methyl sites for hydroxylation is 1. The number of hydrogen-bond donors (Lipinski definition) is 2. The number of amides is 1. The number of fused-ring (bicyclic) bond motifs is 1. The van der Waals surface area contributed by atoms with Crippen LogP contribution in [-0.4, -0.2) is 24.4 Å². The molecule has 10 nitrogen and oxygen atoms in total. The first-order chi connectivity index (χ1) is 16.7. The molecule has 4 aromatic rings. The highest BCUT2D eigenvalue weighted by Gasteiger charge is 2.19. The van der Waals surface area contributed by atoms with Gasteiger partial charge in [-0.3, -0.25) is 19.6 Å². The Morgan fingerprint density at radius 2 is 1.66 bits per heavy atom. The van der Waals surface area contributed by atoms with Crippen LogP contribution in [0.25, 0.3) is 10.8 Å². The molecule has 1 amide bonds. The maximum Gasteiger partial charge on any atom is 0.295 e. The molecule has 2 N–H and O–H groups in total. The molecule has 0 atom stereocenters. The van der Waals surface area contributed by atoms with Crippen LogP contribution in [-0.2, 0) is 10.0 Å². The van der Waals surface area contributed by atoms with Crippen molar-refractivity contribution < 1.29 is 23.2 Å². The Morgan fingerprint density at radius 3 is 2.34 bits per heavy atom. The van der Waals surface area contributed by atoms with E-state index in [2.05, 4.69) is 15.0 Å². The predicted octanol–water partition coefficient (Wildman–Crippen LogP) is 5.49. The van der Waals surface area contributed by atoms with Gasteiger partial charge in [-0.1, -0.05) is 48.0 Å². The first-order valence-electron chi connectivity index (χ1n) is 10.2. The van der Waals surface area contributed by atoms with Gasteiger partial charge in [-0.2, -0.15) is 0 Å². The van der Waals surface area contributed by atoms with Gasteiger partial charge in [0.2, 0.25) is 0 Å². The van der Waals surface area contributed by atoms with E-state index in [-0.39, 0.29) is 38.7 Å². The third-order valence-electron chi connectivity index (χ3n) is 5.12. The van der Waals surface area contributed by atoms with Crippen molar-refractivity contribution in [3.05, 3.63) is 100 Å². The zero-order chi connectivity index (χ0) is 25.2. The zero-order valence-electron chi connectivity index (χ0n) is 18.2. The Bertz CT molecular complexity index is 1600. The van der Waals surface area contributed by atoms with Gasteiger partial charge in [0.15, 0.2) is 5.75 Å². The lowest BCUT2D eigenvalue weighted by atomic mass is 10.1. The molecule has 0 saturated carbocycles. The molecule has 0 unspecified atom stereocenters. The number of rotatable bonds is 6. The lowest BCUT2D eigenvalue weighted by Gasteiger charge is -2.13. The number of carbonyl (C=O) groups excluding carboxylic acids is 1. The summed E-state index contributed by atoms with van der Waals surface area (Å²) in [5.41, 5.74) is 0.505. The number of azo groups is 1. The minimum atomic E-state index is -3.97. The summed E-state index contributed by atoms with van der Waals surface area (Å²) in [6.07, 6.45) is 0. The number of nitro benzene ring substituents is 1. The number of hydrogen-bond acceptors (Lipinski definition) is 7. The van der Waals surface area contributed by atoms with E-state index in [1.54, 1.807) is 36.4 Å². The van der Waals surface area contributed by atoms with E-state index < -0.39 is 20.9 Å². The molecule has 4 rings (SSSR count). The Labute approximate surface area is 199 Å². The molecule has 4 aromatic carbocycles. The molecule has 0 heterocycles. The molecule has 0 aliphatic rings. The summed E-state index contributed by atoms with van der Waals surface area (Å²) in [4.78, 5) is 22.8. The molecule has 0 spiro atoms. The van der Waals surface area contributed by atoms with E-state index in [1.165, 1.54) is 36.4 Å². The van der Waals surface area contributed by atoms with Gasteiger partial charge in [-0.15, -0.1) is 10.2 Å². The molecule has 0 aliphatic carbocycles. The van der Waals surface area contributed by atoms with Crippen LogP contribution in [0.3, 0.4) is 0 Å². The number of non-ortho nitro benzene ring substituents is 1. The number of nitro groups is 1. The van der Waals surface area contributed by atoms with E-state index in [4.69, 9.17) is 0 Å². The molecule has 176 valence electrons. The molecule has 0 radical (unpaired) electrons. The van der Waals surface area contributed by atoms with E-state index >= 15 is 0 Å². The lowest BCUT2D eigenvalue weighted by Crippen LogP contribution is -2.13. The van der Waals surface area contributed by atoms with Gasteiger partial charge in [0.05, 0.1) is 21.1 Å². The fraction of sp³-hybridized carbons (Fsp3) is 0.0417. The number of aromatic hydroxyl groups is 1. The average Bonchev–Trinajstić information content (AvgIpc) is 2.85. The topological polar surface area (TPSA) is 151 Å². The van der Waals surface area contributed by atoms with Crippen LogP contribution in [0, 0.1) is 17.0 Å². The lowest BCUT2D eigenvalue weighted by molar-refractivity contribution is -0.384. The van der Waals surface area contributed by atoms with Crippen molar-refractivity contribution in [1.29, 1.82) is 0 Å². The number of benzene rings is 4. The maximum absolute atomic E-state index is 13.0. The number of anilines is 1. The van der Waals surface area contributed by atoms with Gasteiger partial charge in [-0.05, 0) is 31.2 Å². The molecule has 0 aromatic heterocycles. The molecule has 35 heavy (non-hydrogen) atoms. The first-order valence-corrected chi connectivity index (χ1v) is 11.7. The quantitative estimate of drug-likeness (QED) is 0.158. The van der Waals surface area contributed by atoms with Gasteiger partial charge in [-0.25, -0.2) is 8.42 Å². The highest BCUT2D eigenvalue weighted by Crippen LogP contribution is 2.40. The van der Waals surface area contributed by atoms with Gasteiger partial charge in [0, 0.05) is 22.9 Å². The number of sulfonamides is 1. The molecule has 0 bridgehead atoms. The van der Waals surface area contributed by atoms with Crippen LogP contribution in [0.1, 0.15) is 15.9 Å². The summed E-state index contributed by atoms with van der Waals surface area (Å²) >= 11 is 0. The number of phenolic OH excluding ortho intramolecular Hbond substituents is 1. The second-order valence-corrected chi connectivity index (χ2v) is 9.25. The van der Waals surface area contributed by atoms with Gasteiger partial charge < -0.3 is 5.11 Å². The number of nitrogens with zero attached hydrogens (tertiary/aromatic N) is 3. The predicted molar refractivity (Wildman–Crippen MR) is 130 cm³/mol. The molecule has 0 aliphatic heterocycles. The maximum atomic E-state index is 13.0. The van der Waals surface area contributed by atoms with Crippen molar-refractivity contribution in [3.8, 4) is 5.75 Å². The van der Waals surface area contributed by atoms with E-state index in [9.17, 15) is 28.4 Å². The second kappa shape index (κ2) is 9.31. The molecule has 11 heteroatoms. The third-order valence-corrected chi connectivity index (χ3v) is 6.51. The summed E-state index contributed by atoms with van der Waals surface area (Å²) in [5.74, 6) is -1.18. The van der Waals surface area contributed by atoms with Crippen molar-refractivity contribution in [1.82, 2.24) is 0 Å². The van der Waals surface area contributed by atoms with Crippen molar-refractivity contribution in [2.24, 2.45) is 10.2 Å². The van der Waals surface area contributed by atoms with E-state index in [1.807, 2.05) is 6.92 Å². The SMILES string of the molecule is Cc1ccc(S(=O)(=O)Nc2cc(N=NC(=O)c3cccc([N+](=O)[O-])c3)c(O)c3ccccc23)cc1. The smallest absolute Gasteiger partial charge is 0.295 e. The Kier molecular flexibility index (Phi) is 6.26. The van der Waals surface area contributed by atoms with Crippen molar-refractivity contribution in [2.75, 3.05) is 4.72 Å². The van der Waals surface area contributed by atoms with Crippen LogP contribution in [0.5, 0.6) is 5.75 Å². The second-order valence-electron chi connectivity index (χ2n) is 7.57. The van der Waals surface area contributed by atoms with Crippen LogP contribution < -0.4 is 4.72 Å². The van der Waals surface area contributed by atoms with Crippen LogP contribution in [0.4, 0.5) is 17.1 Å². The summed E-state index contributed by atoms with van der Waals surface area (Å²) in [6, 6.07) is 19.0. The Morgan fingerprint density at radius 1 is 0.971 bits per heavy atom. The third kappa shape index (κ3) is 4.99. The summed E-state index contributed by atoms with van der Waals surface area (Å²) in [7, 11) is -3.97. The fourth-order valence-corrected chi connectivity index (χ4v) is 4.41. The van der Waals surface area contributed by atoms with Crippen molar-refractivity contribution in [3.63, 3.8) is 0 Å². The van der Waals surface area contributed by atoms with Crippen LogP contribution in [0.15, 0.2) is 94.0 Å². The van der Waals surface area contributed by atoms with Crippen LogP contribution in [0.2, 0.25) is 0 Å². The molecular weight excluding hydrogens is 472 g/mol. The average molecular weight is 490 g/mol. The van der Waals surface area contributed by atoms with Gasteiger partial charge in [0.1, 0.15) is 5.69 Å². The summed E-state index contributed by atoms with van der Waals surface area (Å²) < 4.78 is 28.4. The van der Waals surface area contributed by atoms with Gasteiger partial charge >= 0.3 is 0 Å². The number of nitrogens with one attached hydrogen (secondary N) is 1. The summed E-state index contributed by atoms with van der Waals surface area (Å²) in [6.45, 7) is 1.84. The highest BCUT2D eigenvalue weighted by atomic mass is 32.2. The largest absolute Gasteiger partial charge is 0.505 e. The minimum Gasteiger partial charge on any atom is -0.505 e. The van der Waals surface area contributed by atoms with Crippen molar-refractivity contribution >= 4 is 43.8 Å². The first kappa shape index (κ1) is 23.5. The van der Waals surface area contributed by atoms with Gasteiger partial charge in [0.25, 0.3) is 21.6 Å².